The maximum absolute atomic E-state index is 12.6. The zero-order chi connectivity index (χ0) is 24.1. The first-order valence-electron chi connectivity index (χ1n) is 9.73. The molecule has 2 aromatic carbocycles. The van der Waals surface area contributed by atoms with Gasteiger partial charge in [0.25, 0.3) is 11.1 Å². The van der Waals surface area contributed by atoms with Crippen molar-refractivity contribution in [1.29, 1.82) is 0 Å². The van der Waals surface area contributed by atoms with Crippen LogP contribution in [0.1, 0.15) is 28.4 Å². The fourth-order valence-electron chi connectivity index (χ4n) is 3.04. The van der Waals surface area contributed by atoms with Gasteiger partial charge >= 0.3 is 11.9 Å². The standard InChI is InChI=1S/C23H21NO8S/c1-13(22(28)31-3)24-20(25)19(33-23(24)29)11-15-6-9-17(18(10-15)30-2)32-12-14-4-7-16(8-5-14)21(26)27/h4-11,13H,12H2,1-3H3,(H,26,27)/b19-11+/t13-/m1/s1. The fourth-order valence-corrected chi connectivity index (χ4v) is 3.95. The molecule has 0 unspecified atom stereocenters. The van der Waals surface area contributed by atoms with Crippen molar-refractivity contribution >= 4 is 40.9 Å². The molecule has 0 saturated carbocycles. The van der Waals surface area contributed by atoms with Crippen molar-refractivity contribution in [3.63, 3.8) is 0 Å². The van der Waals surface area contributed by atoms with Gasteiger partial charge in [-0.1, -0.05) is 18.2 Å². The Morgan fingerprint density at radius 2 is 1.79 bits per heavy atom. The topological polar surface area (TPSA) is 119 Å². The third-order valence-corrected chi connectivity index (χ3v) is 5.72. The van der Waals surface area contributed by atoms with Gasteiger partial charge in [-0.05, 0) is 60.2 Å². The molecule has 1 fully saturated rings. The van der Waals surface area contributed by atoms with Gasteiger partial charge in [0.05, 0.1) is 24.7 Å². The van der Waals surface area contributed by atoms with E-state index in [1.807, 2.05) is 0 Å². The molecule has 2 amide bonds. The first-order chi connectivity index (χ1) is 15.7. The Kier molecular flexibility index (Phi) is 7.39. The van der Waals surface area contributed by atoms with Gasteiger partial charge in [0.15, 0.2) is 11.5 Å². The van der Waals surface area contributed by atoms with Gasteiger partial charge in [-0.15, -0.1) is 0 Å². The number of hydrogen-bond donors (Lipinski definition) is 1. The molecule has 1 aliphatic rings. The molecule has 2 aromatic rings. The molecule has 0 bridgehead atoms. The smallest absolute Gasteiger partial charge is 0.335 e. The normalized spacial score (nSPS) is 15.5. The fraction of sp³-hybridized carbons (Fsp3) is 0.217. The number of thioether (sulfide) groups is 1. The summed E-state index contributed by atoms with van der Waals surface area (Å²) in [6, 6.07) is 10.3. The molecule has 33 heavy (non-hydrogen) atoms. The zero-order valence-corrected chi connectivity index (χ0v) is 18.9. The number of carboxylic acid groups (broad SMARTS) is 1. The number of aromatic carboxylic acids is 1. The van der Waals surface area contributed by atoms with Crippen molar-refractivity contribution in [3.05, 3.63) is 64.1 Å². The van der Waals surface area contributed by atoms with E-state index in [2.05, 4.69) is 4.74 Å². The van der Waals surface area contributed by atoms with Crippen molar-refractivity contribution in [2.24, 2.45) is 0 Å². The SMILES string of the molecule is COC(=O)[C@@H](C)N1C(=O)S/C(=C/c2ccc(OCc3ccc(C(=O)O)cc3)c(OC)c2)C1=O. The Morgan fingerprint density at radius 3 is 2.39 bits per heavy atom. The summed E-state index contributed by atoms with van der Waals surface area (Å²) in [5, 5.41) is 8.42. The van der Waals surface area contributed by atoms with Gasteiger partial charge in [-0.2, -0.15) is 0 Å². The lowest BCUT2D eigenvalue weighted by Gasteiger charge is -2.18. The minimum Gasteiger partial charge on any atom is -0.493 e. The van der Waals surface area contributed by atoms with Crippen molar-refractivity contribution in [1.82, 2.24) is 4.90 Å². The second kappa shape index (κ2) is 10.2. The largest absolute Gasteiger partial charge is 0.493 e. The lowest BCUT2D eigenvalue weighted by atomic mass is 10.1. The highest BCUT2D eigenvalue weighted by Gasteiger charge is 2.41. The number of esters is 1. The molecule has 1 atom stereocenters. The molecule has 3 rings (SSSR count). The average Bonchev–Trinajstić information content (AvgIpc) is 3.09. The summed E-state index contributed by atoms with van der Waals surface area (Å²) in [5.74, 6) is -1.40. The quantitative estimate of drug-likeness (QED) is 0.455. The molecule has 0 aromatic heterocycles. The van der Waals surface area contributed by atoms with Gasteiger partial charge in [-0.25, -0.2) is 9.59 Å². The van der Waals surface area contributed by atoms with E-state index in [1.54, 1.807) is 30.3 Å². The van der Waals surface area contributed by atoms with Crippen LogP contribution in [0, 0.1) is 0 Å². The molecule has 1 saturated heterocycles. The maximum atomic E-state index is 12.6. The summed E-state index contributed by atoms with van der Waals surface area (Å²) in [6.45, 7) is 1.62. The maximum Gasteiger partial charge on any atom is 0.335 e. The zero-order valence-electron chi connectivity index (χ0n) is 18.1. The number of hydrogen-bond acceptors (Lipinski definition) is 8. The predicted molar refractivity (Wildman–Crippen MR) is 120 cm³/mol. The molecular formula is C23H21NO8S. The third kappa shape index (κ3) is 5.35. The number of benzene rings is 2. The molecule has 1 N–H and O–H groups in total. The summed E-state index contributed by atoms with van der Waals surface area (Å²) < 4.78 is 15.8. The average molecular weight is 471 g/mol. The van der Waals surface area contributed by atoms with Crippen LogP contribution in [0.25, 0.3) is 6.08 Å². The van der Waals surface area contributed by atoms with Crippen molar-refractivity contribution < 1.29 is 38.5 Å². The molecule has 172 valence electrons. The van der Waals surface area contributed by atoms with Crippen LogP contribution in [0.15, 0.2) is 47.4 Å². The number of rotatable bonds is 8. The van der Waals surface area contributed by atoms with Crippen molar-refractivity contribution in [2.45, 2.75) is 19.6 Å². The number of carbonyl (C=O) groups excluding carboxylic acids is 3. The Balaban J connectivity index is 1.74. The number of carboxylic acids is 1. The molecule has 1 aliphatic heterocycles. The molecule has 0 spiro atoms. The summed E-state index contributed by atoms with van der Waals surface area (Å²) in [6.07, 6.45) is 1.53. The van der Waals surface area contributed by atoms with Gasteiger partial charge in [0.2, 0.25) is 0 Å². The van der Waals surface area contributed by atoms with E-state index in [-0.39, 0.29) is 17.1 Å². The van der Waals surface area contributed by atoms with Gasteiger partial charge in [0.1, 0.15) is 12.6 Å². The Morgan fingerprint density at radius 1 is 1.09 bits per heavy atom. The van der Waals surface area contributed by atoms with E-state index in [0.717, 1.165) is 22.2 Å². The van der Waals surface area contributed by atoms with E-state index in [4.69, 9.17) is 14.6 Å². The minimum atomic E-state index is -1.02. The van der Waals surface area contributed by atoms with E-state index >= 15 is 0 Å². The van der Waals surface area contributed by atoms with Crippen molar-refractivity contribution in [3.8, 4) is 11.5 Å². The number of ether oxygens (including phenoxy) is 3. The van der Waals surface area contributed by atoms with Gasteiger partial charge in [-0.3, -0.25) is 14.5 Å². The van der Waals surface area contributed by atoms with Crippen LogP contribution in [-0.4, -0.2) is 53.4 Å². The first kappa shape index (κ1) is 23.9. The highest BCUT2D eigenvalue weighted by molar-refractivity contribution is 8.18. The molecule has 0 aliphatic carbocycles. The summed E-state index contributed by atoms with van der Waals surface area (Å²) >= 11 is 0.738. The number of nitrogens with zero attached hydrogens (tertiary/aromatic N) is 1. The van der Waals surface area contributed by atoms with Crippen LogP contribution >= 0.6 is 11.8 Å². The second-order valence-electron chi connectivity index (χ2n) is 6.95. The third-order valence-electron chi connectivity index (χ3n) is 4.83. The van der Waals surface area contributed by atoms with E-state index in [9.17, 15) is 19.2 Å². The Labute approximate surface area is 193 Å². The number of carbonyl (C=O) groups is 4. The highest BCUT2D eigenvalue weighted by Crippen LogP contribution is 2.35. The predicted octanol–water partition coefficient (Wildman–Crippen LogP) is 3.57. The second-order valence-corrected chi connectivity index (χ2v) is 7.95. The van der Waals surface area contributed by atoms with Crippen LogP contribution in [0.3, 0.4) is 0 Å². The van der Waals surface area contributed by atoms with E-state index < -0.39 is 29.1 Å². The van der Waals surface area contributed by atoms with Gasteiger partial charge in [0, 0.05) is 0 Å². The molecule has 1 heterocycles. The number of methoxy groups -OCH3 is 2. The molecular weight excluding hydrogens is 450 g/mol. The van der Waals surface area contributed by atoms with Crippen LogP contribution < -0.4 is 9.47 Å². The van der Waals surface area contributed by atoms with E-state index in [0.29, 0.717) is 17.1 Å². The van der Waals surface area contributed by atoms with Crippen LogP contribution in [0.5, 0.6) is 11.5 Å². The highest BCUT2D eigenvalue weighted by atomic mass is 32.2. The van der Waals surface area contributed by atoms with Crippen molar-refractivity contribution in [2.75, 3.05) is 14.2 Å². The summed E-state index contributed by atoms with van der Waals surface area (Å²) in [4.78, 5) is 48.6. The van der Waals surface area contributed by atoms with Crippen LogP contribution in [-0.2, 0) is 20.9 Å². The number of amides is 2. The van der Waals surface area contributed by atoms with Gasteiger partial charge < -0.3 is 19.3 Å². The Bertz CT molecular complexity index is 1130. The van der Waals surface area contributed by atoms with E-state index in [1.165, 1.54) is 39.4 Å². The number of imide groups is 1. The van der Waals surface area contributed by atoms with Crippen LogP contribution in [0.4, 0.5) is 4.79 Å². The monoisotopic (exact) mass is 471 g/mol. The lowest BCUT2D eigenvalue weighted by molar-refractivity contribution is -0.148. The first-order valence-corrected chi connectivity index (χ1v) is 10.5. The minimum absolute atomic E-state index is 0.171. The molecule has 0 radical (unpaired) electrons. The summed E-state index contributed by atoms with van der Waals surface area (Å²) in [5.41, 5.74) is 1.56. The lowest BCUT2D eigenvalue weighted by Crippen LogP contribution is -2.42. The Hall–Kier alpha value is -3.79. The van der Waals surface area contributed by atoms with Crippen LogP contribution in [0.2, 0.25) is 0 Å². The molecule has 9 nitrogen and oxygen atoms in total. The summed E-state index contributed by atoms with van der Waals surface area (Å²) in [7, 11) is 2.66. The molecule has 10 heteroatoms.